The zero-order chi connectivity index (χ0) is 12.5. The molecule has 0 radical (unpaired) electrons. The summed E-state index contributed by atoms with van der Waals surface area (Å²) in [6.07, 6.45) is 4.09. The van der Waals surface area contributed by atoms with Crippen molar-refractivity contribution in [1.82, 2.24) is 19.9 Å². The summed E-state index contributed by atoms with van der Waals surface area (Å²) in [6, 6.07) is 0.0883. The fraction of sp³-hybridized carbons (Fsp3) is 0.545. The first-order valence-electron chi connectivity index (χ1n) is 5.97. The molecule has 3 N–H and O–H groups in total. The Morgan fingerprint density at radius 1 is 1.44 bits per heavy atom. The van der Waals surface area contributed by atoms with E-state index in [0.29, 0.717) is 5.65 Å². The number of fused-ring (bicyclic) bond motifs is 1. The van der Waals surface area contributed by atoms with Crippen molar-refractivity contribution in [3.8, 4) is 0 Å². The first-order valence-corrected chi connectivity index (χ1v) is 5.97. The van der Waals surface area contributed by atoms with Gasteiger partial charge >= 0.3 is 0 Å². The van der Waals surface area contributed by atoms with E-state index in [0.717, 1.165) is 30.8 Å². The lowest BCUT2D eigenvalue weighted by atomic mass is 10.0. The molecule has 7 nitrogen and oxygen atoms in total. The van der Waals surface area contributed by atoms with Gasteiger partial charge in [-0.3, -0.25) is 0 Å². The Labute approximate surface area is 104 Å². The molecular formula is C11H16N6O. The minimum Gasteiger partial charge on any atom is -0.378 e. The quantitative estimate of drug-likeness (QED) is 0.771. The molecule has 2 aromatic rings. The summed E-state index contributed by atoms with van der Waals surface area (Å²) in [6.45, 7) is 1.61. The zero-order valence-electron chi connectivity index (χ0n) is 10.2. The Morgan fingerprint density at radius 2 is 2.33 bits per heavy atom. The topological polar surface area (TPSA) is 93.0 Å². The third-order valence-corrected chi connectivity index (χ3v) is 3.42. The number of rotatable bonds is 2. The van der Waals surface area contributed by atoms with E-state index in [1.807, 2.05) is 0 Å². The number of aromatic nitrogens is 4. The van der Waals surface area contributed by atoms with Gasteiger partial charge in [-0.2, -0.15) is 0 Å². The van der Waals surface area contributed by atoms with E-state index in [2.05, 4.69) is 24.8 Å². The van der Waals surface area contributed by atoms with Gasteiger partial charge in [0.25, 0.3) is 0 Å². The maximum absolute atomic E-state index is 6.02. The molecule has 1 saturated heterocycles. The number of imidazole rings is 1. The van der Waals surface area contributed by atoms with Crippen LogP contribution >= 0.6 is 0 Å². The molecule has 3 rings (SSSR count). The first kappa shape index (κ1) is 11.4. The minimum absolute atomic E-state index is 0.0340. The molecule has 1 fully saturated rings. The van der Waals surface area contributed by atoms with Gasteiger partial charge in [-0.05, 0) is 6.42 Å². The SMILES string of the molecule is CO[C@H]1CN(c2ncnc3nc[nH]c23)CC[C@H]1N. The smallest absolute Gasteiger partial charge is 0.182 e. The number of hydrogen-bond donors (Lipinski definition) is 2. The summed E-state index contributed by atoms with van der Waals surface area (Å²) in [5.74, 6) is 0.867. The van der Waals surface area contributed by atoms with Crippen LogP contribution in [-0.2, 0) is 4.74 Å². The van der Waals surface area contributed by atoms with Gasteiger partial charge in [0.15, 0.2) is 11.5 Å². The third kappa shape index (κ3) is 1.81. The van der Waals surface area contributed by atoms with Crippen LogP contribution in [0.5, 0.6) is 0 Å². The molecule has 0 aromatic carbocycles. The second-order valence-corrected chi connectivity index (χ2v) is 4.47. The lowest BCUT2D eigenvalue weighted by Crippen LogP contribution is -2.51. The number of hydrogen-bond acceptors (Lipinski definition) is 6. The molecule has 0 aliphatic carbocycles. The second kappa shape index (κ2) is 4.51. The Morgan fingerprint density at radius 3 is 3.17 bits per heavy atom. The van der Waals surface area contributed by atoms with Crippen molar-refractivity contribution < 1.29 is 4.74 Å². The summed E-state index contributed by atoms with van der Waals surface area (Å²) in [5.41, 5.74) is 7.57. The molecule has 1 aliphatic rings. The zero-order valence-corrected chi connectivity index (χ0v) is 10.2. The van der Waals surface area contributed by atoms with Crippen LogP contribution in [-0.4, -0.2) is 52.3 Å². The predicted octanol–water partition coefficient (Wildman–Crippen LogP) is -0.0947. The molecule has 0 unspecified atom stereocenters. The molecule has 2 atom stereocenters. The molecule has 1 aliphatic heterocycles. The van der Waals surface area contributed by atoms with Crippen molar-refractivity contribution in [2.45, 2.75) is 18.6 Å². The van der Waals surface area contributed by atoms with Gasteiger partial charge in [0.05, 0.1) is 12.4 Å². The van der Waals surface area contributed by atoms with Gasteiger partial charge < -0.3 is 20.4 Å². The van der Waals surface area contributed by atoms with Crippen molar-refractivity contribution in [2.75, 3.05) is 25.1 Å². The lowest BCUT2D eigenvalue weighted by molar-refractivity contribution is 0.0729. The minimum atomic E-state index is 0.0340. The normalized spacial score (nSPS) is 24.7. The van der Waals surface area contributed by atoms with Crippen molar-refractivity contribution in [2.24, 2.45) is 5.73 Å². The molecule has 0 saturated carbocycles. The van der Waals surface area contributed by atoms with Gasteiger partial charge in [0.2, 0.25) is 0 Å². The molecule has 0 amide bonds. The Balaban J connectivity index is 1.93. The highest BCUT2D eigenvalue weighted by Crippen LogP contribution is 2.23. The molecule has 3 heterocycles. The van der Waals surface area contributed by atoms with Crippen LogP contribution in [0, 0.1) is 0 Å². The van der Waals surface area contributed by atoms with Crippen molar-refractivity contribution in [1.29, 1.82) is 0 Å². The summed E-state index contributed by atoms with van der Waals surface area (Å²) in [4.78, 5) is 17.8. The fourth-order valence-corrected chi connectivity index (χ4v) is 2.37. The number of H-pyrrole nitrogens is 1. The van der Waals surface area contributed by atoms with Gasteiger partial charge in [0.1, 0.15) is 11.8 Å². The number of piperidine rings is 1. The number of anilines is 1. The van der Waals surface area contributed by atoms with Crippen LogP contribution in [0.25, 0.3) is 11.2 Å². The number of methoxy groups -OCH3 is 1. The number of aromatic amines is 1. The van der Waals surface area contributed by atoms with Crippen LogP contribution in [0.3, 0.4) is 0 Å². The maximum atomic E-state index is 6.02. The van der Waals surface area contributed by atoms with Gasteiger partial charge in [0, 0.05) is 26.2 Å². The number of ether oxygens (including phenoxy) is 1. The summed E-state index contributed by atoms with van der Waals surface area (Å²) in [5, 5.41) is 0. The van der Waals surface area contributed by atoms with Crippen molar-refractivity contribution >= 4 is 17.0 Å². The van der Waals surface area contributed by atoms with E-state index in [4.69, 9.17) is 10.5 Å². The van der Waals surface area contributed by atoms with Crippen LogP contribution in [0.2, 0.25) is 0 Å². The average molecular weight is 248 g/mol. The third-order valence-electron chi connectivity index (χ3n) is 3.42. The van der Waals surface area contributed by atoms with Crippen LogP contribution in [0.15, 0.2) is 12.7 Å². The van der Waals surface area contributed by atoms with Gasteiger partial charge in [-0.1, -0.05) is 0 Å². The van der Waals surface area contributed by atoms with E-state index in [1.54, 1.807) is 13.4 Å². The highest BCUT2D eigenvalue weighted by atomic mass is 16.5. The van der Waals surface area contributed by atoms with E-state index in [9.17, 15) is 0 Å². The van der Waals surface area contributed by atoms with E-state index < -0.39 is 0 Å². The highest BCUT2D eigenvalue weighted by Gasteiger charge is 2.28. The Kier molecular flexibility index (Phi) is 2.85. The van der Waals surface area contributed by atoms with Crippen LogP contribution in [0.4, 0.5) is 5.82 Å². The van der Waals surface area contributed by atoms with Crippen LogP contribution < -0.4 is 10.6 Å². The first-order chi connectivity index (χ1) is 8.79. The number of nitrogens with one attached hydrogen (secondary N) is 1. The van der Waals surface area contributed by atoms with Crippen molar-refractivity contribution in [3.05, 3.63) is 12.7 Å². The molecule has 0 bridgehead atoms. The molecule has 96 valence electrons. The molecular weight excluding hydrogens is 232 g/mol. The number of nitrogens with zero attached hydrogens (tertiary/aromatic N) is 4. The Bertz CT molecular complexity index is 541. The van der Waals surface area contributed by atoms with Gasteiger partial charge in [-0.15, -0.1) is 0 Å². The molecule has 2 aromatic heterocycles. The average Bonchev–Trinajstić information content (AvgIpc) is 2.87. The monoisotopic (exact) mass is 248 g/mol. The van der Waals surface area contributed by atoms with Crippen molar-refractivity contribution in [3.63, 3.8) is 0 Å². The maximum Gasteiger partial charge on any atom is 0.182 e. The van der Waals surface area contributed by atoms with E-state index in [-0.39, 0.29) is 12.1 Å². The molecule has 7 heteroatoms. The standard InChI is InChI=1S/C11H16N6O/c1-18-8-4-17(3-2-7(8)12)11-9-10(14-5-13-9)15-6-16-11/h5-8H,2-4,12H2,1H3,(H,13,14,15,16)/t7-,8+/m1/s1. The summed E-state index contributed by atoms with van der Waals surface area (Å²) in [7, 11) is 1.69. The second-order valence-electron chi connectivity index (χ2n) is 4.47. The highest BCUT2D eigenvalue weighted by molar-refractivity contribution is 5.82. The lowest BCUT2D eigenvalue weighted by Gasteiger charge is -2.36. The van der Waals surface area contributed by atoms with Crippen LogP contribution in [0.1, 0.15) is 6.42 Å². The summed E-state index contributed by atoms with van der Waals surface area (Å²) < 4.78 is 5.41. The fourth-order valence-electron chi connectivity index (χ4n) is 2.37. The van der Waals surface area contributed by atoms with E-state index in [1.165, 1.54) is 6.33 Å². The summed E-state index contributed by atoms with van der Waals surface area (Å²) >= 11 is 0. The Hall–Kier alpha value is -1.73. The predicted molar refractivity (Wildman–Crippen MR) is 67.3 cm³/mol. The van der Waals surface area contributed by atoms with Gasteiger partial charge in [-0.25, -0.2) is 15.0 Å². The number of nitrogens with two attached hydrogens (primary N) is 1. The molecule has 18 heavy (non-hydrogen) atoms. The van der Waals surface area contributed by atoms with E-state index >= 15 is 0 Å². The molecule has 0 spiro atoms. The largest absolute Gasteiger partial charge is 0.378 e.